The van der Waals surface area contributed by atoms with E-state index in [1.165, 1.54) is 16.5 Å². The zero-order valence-electron chi connectivity index (χ0n) is 13.0. The van der Waals surface area contributed by atoms with E-state index in [0.29, 0.717) is 5.92 Å². The Hall–Kier alpha value is -2.39. The molecule has 2 heterocycles. The van der Waals surface area contributed by atoms with Gasteiger partial charge in [-0.2, -0.15) is 0 Å². The smallest absolute Gasteiger partial charge is 0.0702 e. The van der Waals surface area contributed by atoms with Crippen LogP contribution >= 0.6 is 0 Å². The average molecular weight is 304 g/mol. The van der Waals surface area contributed by atoms with E-state index in [9.17, 15) is 0 Å². The van der Waals surface area contributed by atoms with Crippen molar-refractivity contribution in [1.82, 2.24) is 4.98 Å². The van der Waals surface area contributed by atoms with E-state index in [-0.39, 0.29) is 0 Å². The van der Waals surface area contributed by atoms with Gasteiger partial charge in [0.2, 0.25) is 0 Å². The lowest BCUT2D eigenvalue weighted by atomic mass is 9.98. The van der Waals surface area contributed by atoms with E-state index in [1.807, 2.05) is 24.4 Å². The van der Waals surface area contributed by atoms with E-state index in [1.54, 1.807) is 0 Å². The van der Waals surface area contributed by atoms with E-state index in [4.69, 9.17) is 4.74 Å². The van der Waals surface area contributed by atoms with Gasteiger partial charge in [-0.3, -0.25) is 4.98 Å². The highest BCUT2D eigenvalue weighted by molar-refractivity contribution is 5.78. The normalized spacial score (nSPS) is 17.5. The summed E-state index contributed by atoms with van der Waals surface area (Å²) in [5, 5.41) is 4.66. The lowest BCUT2D eigenvalue weighted by Gasteiger charge is -2.11. The summed E-state index contributed by atoms with van der Waals surface area (Å²) in [5.41, 5.74) is 4.75. The predicted molar refractivity (Wildman–Crippen MR) is 93.7 cm³/mol. The first-order valence-electron chi connectivity index (χ1n) is 8.14. The van der Waals surface area contributed by atoms with Crippen molar-refractivity contribution in [2.75, 3.05) is 18.5 Å². The number of benzene rings is 2. The minimum absolute atomic E-state index is 0.564. The van der Waals surface area contributed by atoms with Crippen LogP contribution in [0.2, 0.25) is 0 Å². The number of rotatable bonds is 4. The number of anilines is 1. The fourth-order valence-corrected chi connectivity index (χ4v) is 3.09. The average Bonchev–Trinajstić information content (AvgIpc) is 3.15. The molecule has 1 aromatic heterocycles. The summed E-state index contributed by atoms with van der Waals surface area (Å²) in [6.45, 7) is 2.53. The molecule has 116 valence electrons. The number of aromatic nitrogens is 1. The molecule has 3 nitrogen and oxygen atoms in total. The largest absolute Gasteiger partial charge is 0.381 e. The number of ether oxygens (including phenoxy) is 1. The quantitative estimate of drug-likeness (QED) is 0.778. The molecule has 0 bridgehead atoms. The van der Waals surface area contributed by atoms with Gasteiger partial charge in [0.25, 0.3) is 0 Å². The monoisotopic (exact) mass is 304 g/mol. The molecule has 0 saturated carbocycles. The molecule has 0 aliphatic carbocycles. The van der Waals surface area contributed by atoms with Gasteiger partial charge in [-0.25, -0.2) is 0 Å². The highest BCUT2D eigenvalue weighted by atomic mass is 16.5. The van der Waals surface area contributed by atoms with Gasteiger partial charge < -0.3 is 10.1 Å². The Morgan fingerprint density at radius 2 is 1.96 bits per heavy atom. The number of fused-ring (bicyclic) bond motifs is 1. The maximum Gasteiger partial charge on any atom is 0.0702 e. The third-order valence-electron chi connectivity index (χ3n) is 4.46. The van der Waals surface area contributed by atoms with Gasteiger partial charge in [-0.15, -0.1) is 0 Å². The SMILES string of the molecule is c1ccc2ncc(CNc3ccc(C4CCOC4)cc3)cc2c1. The Bertz CT molecular complexity index is 792. The Kier molecular flexibility index (Phi) is 3.95. The van der Waals surface area contributed by atoms with Crippen molar-refractivity contribution in [3.63, 3.8) is 0 Å². The molecule has 1 saturated heterocycles. The van der Waals surface area contributed by atoms with Crippen LogP contribution in [0.25, 0.3) is 10.9 Å². The fourth-order valence-electron chi connectivity index (χ4n) is 3.09. The summed E-state index contributed by atoms with van der Waals surface area (Å²) in [4.78, 5) is 4.51. The lowest BCUT2D eigenvalue weighted by molar-refractivity contribution is 0.194. The molecule has 0 amide bonds. The molecule has 1 aliphatic rings. The van der Waals surface area contributed by atoms with Crippen LogP contribution in [-0.2, 0) is 11.3 Å². The molecule has 3 aromatic rings. The molecule has 4 rings (SSSR count). The third kappa shape index (κ3) is 3.20. The molecule has 1 aliphatic heterocycles. The van der Waals surface area contributed by atoms with Crippen molar-refractivity contribution in [2.45, 2.75) is 18.9 Å². The number of hydrogen-bond donors (Lipinski definition) is 1. The Labute approximate surface area is 136 Å². The molecule has 1 fully saturated rings. The number of pyridine rings is 1. The summed E-state index contributed by atoms with van der Waals surface area (Å²) >= 11 is 0. The first kappa shape index (κ1) is 14.2. The van der Waals surface area contributed by atoms with Crippen molar-refractivity contribution in [3.8, 4) is 0 Å². The highest BCUT2D eigenvalue weighted by Crippen LogP contribution is 2.26. The van der Waals surface area contributed by atoms with Crippen LogP contribution in [0.5, 0.6) is 0 Å². The second-order valence-corrected chi connectivity index (χ2v) is 6.07. The van der Waals surface area contributed by atoms with Crippen LogP contribution in [0, 0.1) is 0 Å². The van der Waals surface area contributed by atoms with Gasteiger partial charge in [0, 0.05) is 36.3 Å². The van der Waals surface area contributed by atoms with Gasteiger partial charge in [0.15, 0.2) is 0 Å². The van der Waals surface area contributed by atoms with E-state index >= 15 is 0 Å². The summed E-state index contributed by atoms with van der Waals surface area (Å²) in [7, 11) is 0. The second-order valence-electron chi connectivity index (χ2n) is 6.07. The molecular weight excluding hydrogens is 284 g/mol. The molecular formula is C20H20N2O. The topological polar surface area (TPSA) is 34.2 Å². The lowest BCUT2D eigenvalue weighted by Crippen LogP contribution is -2.01. The molecule has 2 aromatic carbocycles. The molecule has 1 atom stereocenters. The van der Waals surface area contributed by atoms with Gasteiger partial charge in [0.05, 0.1) is 12.1 Å². The number of nitrogens with one attached hydrogen (secondary N) is 1. The van der Waals surface area contributed by atoms with Crippen LogP contribution in [0.4, 0.5) is 5.69 Å². The van der Waals surface area contributed by atoms with Crippen LogP contribution in [0.15, 0.2) is 60.8 Å². The van der Waals surface area contributed by atoms with Crippen molar-refractivity contribution in [3.05, 3.63) is 71.9 Å². The van der Waals surface area contributed by atoms with Crippen molar-refractivity contribution < 1.29 is 4.74 Å². The molecule has 3 heteroatoms. The molecule has 1 N–H and O–H groups in total. The number of para-hydroxylation sites is 1. The van der Waals surface area contributed by atoms with Gasteiger partial charge in [-0.05, 0) is 41.8 Å². The van der Waals surface area contributed by atoms with Gasteiger partial charge in [-0.1, -0.05) is 30.3 Å². The predicted octanol–water partition coefficient (Wildman–Crippen LogP) is 4.35. The first-order chi connectivity index (χ1) is 11.4. The summed E-state index contributed by atoms with van der Waals surface area (Å²) in [5.74, 6) is 0.564. The van der Waals surface area contributed by atoms with Gasteiger partial charge >= 0.3 is 0 Å². The second kappa shape index (κ2) is 6.39. The molecule has 23 heavy (non-hydrogen) atoms. The zero-order valence-corrected chi connectivity index (χ0v) is 13.0. The summed E-state index contributed by atoms with van der Waals surface area (Å²) < 4.78 is 5.46. The van der Waals surface area contributed by atoms with E-state index in [0.717, 1.165) is 37.4 Å². The van der Waals surface area contributed by atoms with Crippen LogP contribution < -0.4 is 5.32 Å². The van der Waals surface area contributed by atoms with Gasteiger partial charge in [0.1, 0.15) is 0 Å². The summed E-state index contributed by atoms with van der Waals surface area (Å²) in [6, 6.07) is 19.1. The first-order valence-corrected chi connectivity index (χ1v) is 8.14. The molecule has 0 radical (unpaired) electrons. The molecule has 1 unspecified atom stereocenters. The summed E-state index contributed by atoms with van der Waals surface area (Å²) in [6.07, 6.45) is 3.08. The van der Waals surface area contributed by atoms with Crippen LogP contribution in [0.3, 0.4) is 0 Å². The van der Waals surface area contributed by atoms with E-state index in [2.05, 4.69) is 46.7 Å². The number of hydrogen-bond acceptors (Lipinski definition) is 3. The standard InChI is InChI=1S/C20H20N2O/c1-2-4-20-17(3-1)11-15(13-22-20)12-21-19-7-5-16(6-8-19)18-9-10-23-14-18/h1-8,11,13,18,21H,9-10,12,14H2. The fraction of sp³-hybridized carbons (Fsp3) is 0.250. The van der Waals surface area contributed by atoms with Crippen LogP contribution in [0.1, 0.15) is 23.5 Å². The van der Waals surface area contributed by atoms with Crippen molar-refractivity contribution in [1.29, 1.82) is 0 Å². The number of nitrogens with zero attached hydrogens (tertiary/aromatic N) is 1. The van der Waals surface area contributed by atoms with Crippen molar-refractivity contribution >= 4 is 16.6 Å². The minimum Gasteiger partial charge on any atom is -0.381 e. The van der Waals surface area contributed by atoms with E-state index < -0.39 is 0 Å². The molecule has 0 spiro atoms. The third-order valence-corrected chi connectivity index (χ3v) is 4.46. The Balaban J connectivity index is 1.43. The minimum atomic E-state index is 0.564. The zero-order chi connectivity index (χ0) is 15.5. The Morgan fingerprint density at radius 3 is 2.78 bits per heavy atom. The maximum absolute atomic E-state index is 5.46. The van der Waals surface area contributed by atoms with Crippen LogP contribution in [-0.4, -0.2) is 18.2 Å². The van der Waals surface area contributed by atoms with Crippen molar-refractivity contribution in [2.24, 2.45) is 0 Å². The highest BCUT2D eigenvalue weighted by Gasteiger charge is 2.17. The maximum atomic E-state index is 5.46. The Morgan fingerprint density at radius 1 is 1.09 bits per heavy atom.